The number of thioether (sulfide) groups is 1. The van der Waals surface area contributed by atoms with Crippen LogP contribution in [-0.4, -0.2) is 49.6 Å². The number of nitrogens with one attached hydrogen (secondary N) is 1. The van der Waals surface area contributed by atoms with E-state index in [1.54, 1.807) is 0 Å². The van der Waals surface area contributed by atoms with E-state index in [9.17, 15) is 4.79 Å². The zero-order valence-corrected chi connectivity index (χ0v) is 11.7. The predicted molar refractivity (Wildman–Crippen MR) is 78.7 cm³/mol. The Morgan fingerprint density at radius 3 is 2.61 bits per heavy atom. The number of hydrogen-bond acceptors (Lipinski definition) is 3. The Hall–Kier alpha value is -1.36. The summed E-state index contributed by atoms with van der Waals surface area (Å²) < 4.78 is 0. The topological polar surface area (TPSA) is 35.6 Å². The summed E-state index contributed by atoms with van der Waals surface area (Å²) in [6.07, 6.45) is 0. The first-order valence-corrected chi connectivity index (χ1v) is 7.24. The van der Waals surface area contributed by atoms with Gasteiger partial charge < -0.3 is 15.1 Å². The monoisotopic (exact) mass is 265 g/mol. The molecule has 0 saturated carbocycles. The SMILES string of the molecule is CN(C)c1ccccc1NC(=O)N1CCSCC1. The van der Waals surface area contributed by atoms with Gasteiger partial charge in [-0.1, -0.05) is 12.1 Å². The molecule has 2 amide bonds. The Morgan fingerprint density at radius 2 is 1.94 bits per heavy atom. The summed E-state index contributed by atoms with van der Waals surface area (Å²) in [6.45, 7) is 1.67. The van der Waals surface area contributed by atoms with Gasteiger partial charge in [-0.2, -0.15) is 11.8 Å². The molecule has 0 atom stereocenters. The van der Waals surface area contributed by atoms with Crippen LogP contribution in [0, 0.1) is 0 Å². The molecule has 5 heteroatoms. The molecular weight excluding hydrogens is 246 g/mol. The quantitative estimate of drug-likeness (QED) is 0.891. The summed E-state index contributed by atoms with van der Waals surface area (Å²) >= 11 is 1.90. The third-order valence-electron chi connectivity index (χ3n) is 2.93. The fourth-order valence-electron chi connectivity index (χ4n) is 1.93. The molecule has 2 rings (SSSR count). The van der Waals surface area contributed by atoms with Crippen molar-refractivity contribution in [2.75, 3.05) is 48.9 Å². The normalized spacial score (nSPS) is 15.3. The first-order chi connectivity index (χ1) is 8.68. The number of rotatable bonds is 2. The van der Waals surface area contributed by atoms with E-state index in [-0.39, 0.29) is 6.03 Å². The number of benzene rings is 1. The van der Waals surface area contributed by atoms with E-state index in [1.807, 2.05) is 59.9 Å². The summed E-state index contributed by atoms with van der Waals surface area (Å²) in [7, 11) is 3.95. The third-order valence-corrected chi connectivity index (χ3v) is 3.87. The predicted octanol–water partition coefficient (Wildman–Crippen LogP) is 2.33. The van der Waals surface area contributed by atoms with E-state index in [2.05, 4.69) is 5.32 Å². The molecule has 0 radical (unpaired) electrons. The minimum absolute atomic E-state index is 0.00426. The van der Waals surface area contributed by atoms with E-state index in [0.717, 1.165) is 36.0 Å². The van der Waals surface area contributed by atoms with Crippen LogP contribution < -0.4 is 10.2 Å². The molecule has 98 valence electrons. The molecule has 1 saturated heterocycles. The molecule has 18 heavy (non-hydrogen) atoms. The molecule has 1 aliphatic heterocycles. The van der Waals surface area contributed by atoms with Crippen molar-refractivity contribution < 1.29 is 4.79 Å². The Kier molecular flexibility index (Phi) is 4.36. The van der Waals surface area contributed by atoms with E-state index in [4.69, 9.17) is 0 Å². The van der Waals surface area contributed by atoms with Crippen LogP contribution in [0.3, 0.4) is 0 Å². The Morgan fingerprint density at radius 1 is 1.28 bits per heavy atom. The number of para-hydroxylation sites is 2. The zero-order chi connectivity index (χ0) is 13.0. The molecule has 1 aromatic carbocycles. The molecule has 0 aliphatic carbocycles. The summed E-state index contributed by atoms with van der Waals surface area (Å²) in [5.74, 6) is 2.06. The van der Waals surface area contributed by atoms with Crippen LogP contribution in [0.5, 0.6) is 0 Å². The van der Waals surface area contributed by atoms with Crippen molar-refractivity contribution in [2.45, 2.75) is 0 Å². The molecule has 0 aromatic heterocycles. The summed E-state index contributed by atoms with van der Waals surface area (Å²) in [6, 6.07) is 7.86. The molecule has 0 unspecified atom stereocenters. The van der Waals surface area contributed by atoms with E-state index in [0.29, 0.717) is 0 Å². The molecule has 1 aromatic rings. The summed E-state index contributed by atoms with van der Waals surface area (Å²) in [5, 5.41) is 3.00. The molecule has 1 aliphatic rings. The Labute approximate surface area is 112 Å². The van der Waals surface area contributed by atoms with Gasteiger partial charge in [0, 0.05) is 38.7 Å². The van der Waals surface area contributed by atoms with Crippen molar-refractivity contribution in [3.63, 3.8) is 0 Å². The standard InChI is InChI=1S/C13H19N3OS/c1-15(2)12-6-4-3-5-11(12)14-13(17)16-7-9-18-10-8-16/h3-6H,7-10H2,1-2H3,(H,14,17). The molecular formula is C13H19N3OS. The van der Waals surface area contributed by atoms with Crippen LogP contribution >= 0.6 is 11.8 Å². The van der Waals surface area contributed by atoms with E-state index >= 15 is 0 Å². The minimum Gasteiger partial charge on any atom is -0.376 e. The molecule has 4 nitrogen and oxygen atoms in total. The number of urea groups is 1. The lowest BCUT2D eigenvalue weighted by Crippen LogP contribution is -2.40. The largest absolute Gasteiger partial charge is 0.376 e. The van der Waals surface area contributed by atoms with Crippen LogP contribution in [-0.2, 0) is 0 Å². The lowest BCUT2D eigenvalue weighted by atomic mass is 10.2. The van der Waals surface area contributed by atoms with Gasteiger partial charge in [-0.15, -0.1) is 0 Å². The highest BCUT2D eigenvalue weighted by molar-refractivity contribution is 7.99. The second-order valence-electron chi connectivity index (χ2n) is 4.44. The molecule has 1 fully saturated rings. The van der Waals surface area contributed by atoms with Gasteiger partial charge in [0.2, 0.25) is 0 Å². The maximum Gasteiger partial charge on any atom is 0.321 e. The molecule has 1 heterocycles. The van der Waals surface area contributed by atoms with Gasteiger partial charge in [0.1, 0.15) is 0 Å². The number of carbonyl (C=O) groups is 1. The first kappa shape index (κ1) is 13.1. The molecule has 0 spiro atoms. The second-order valence-corrected chi connectivity index (χ2v) is 5.67. The van der Waals surface area contributed by atoms with Gasteiger partial charge in [-0.25, -0.2) is 4.79 Å². The molecule has 1 N–H and O–H groups in total. The van der Waals surface area contributed by atoms with Gasteiger partial charge in [0.15, 0.2) is 0 Å². The Bertz CT molecular complexity index is 416. The van der Waals surface area contributed by atoms with E-state index < -0.39 is 0 Å². The van der Waals surface area contributed by atoms with Crippen LogP contribution in [0.15, 0.2) is 24.3 Å². The zero-order valence-electron chi connectivity index (χ0n) is 10.8. The van der Waals surface area contributed by atoms with Gasteiger partial charge in [0.25, 0.3) is 0 Å². The fraction of sp³-hybridized carbons (Fsp3) is 0.462. The Balaban J connectivity index is 2.06. The lowest BCUT2D eigenvalue weighted by molar-refractivity contribution is 0.217. The van der Waals surface area contributed by atoms with Gasteiger partial charge in [-0.3, -0.25) is 0 Å². The maximum atomic E-state index is 12.1. The van der Waals surface area contributed by atoms with Crippen molar-refractivity contribution in [3.8, 4) is 0 Å². The van der Waals surface area contributed by atoms with E-state index in [1.165, 1.54) is 0 Å². The number of carbonyl (C=O) groups excluding carboxylic acids is 1. The fourth-order valence-corrected chi connectivity index (χ4v) is 2.83. The van der Waals surface area contributed by atoms with Crippen LogP contribution in [0.2, 0.25) is 0 Å². The highest BCUT2D eigenvalue weighted by atomic mass is 32.2. The number of anilines is 2. The lowest BCUT2D eigenvalue weighted by Gasteiger charge is -2.27. The van der Waals surface area contributed by atoms with Crippen LogP contribution in [0.1, 0.15) is 0 Å². The minimum atomic E-state index is 0.00426. The third kappa shape index (κ3) is 3.10. The second kappa shape index (κ2) is 6.00. The maximum absolute atomic E-state index is 12.1. The highest BCUT2D eigenvalue weighted by Crippen LogP contribution is 2.24. The van der Waals surface area contributed by atoms with Crippen molar-refractivity contribution in [2.24, 2.45) is 0 Å². The average Bonchev–Trinajstić information content (AvgIpc) is 2.40. The van der Waals surface area contributed by atoms with Gasteiger partial charge in [-0.05, 0) is 12.1 Å². The smallest absolute Gasteiger partial charge is 0.321 e. The summed E-state index contributed by atoms with van der Waals surface area (Å²) in [4.78, 5) is 16.0. The molecule has 0 bridgehead atoms. The highest BCUT2D eigenvalue weighted by Gasteiger charge is 2.17. The van der Waals surface area contributed by atoms with Crippen molar-refractivity contribution >= 4 is 29.2 Å². The van der Waals surface area contributed by atoms with Crippen LogP contribution in [0.25, 0.3) is 0 Å². The van der Waals surface area contributed by atoms with Crippen molar-refractivity contribution in [1.29, 1.82) is 0 Å². The first-order valence-electron chi connectivity index (χ1n) is 6.08. The number of hydrogen-bond donors (Lipinski definition) is 1. The van der Waals surface area contributed by atoms with Crippen LogP contribution in [0.4, 0.5) is 16.2 Å². The van der Waals surface area contributed by atoms with Gasteiger partial charge in [0.05, 0.1) is 11.4 Å². The number of amides is 2. The average molecular weight is 265 g/mol. The van der Waals surface area contributed by atoms with Gasteiger partial charge >= 0.3 is 6.03 Å². The van der Waals surface area contributed by atoms with Crippen molar-refractivity contribution in [1.82, 2.24) is 4.90 Å². The van der Waals surface area contributed by atoms with Crippen molar-refractivity contribution in [3.05, 3.63) is 24.3 Å². The number of nitrogens with zero attached hydrogens (tertiary/aromatic N) is 2. The summed E-state index contributed by atoms with van der Waals surface area (Å²) in [5.41, 5.74) is 1.89.